The number of amides is 1. The average molecular weight is 358 g/mol. The predicted octanol–water partition coefficient (Wildman–Crippen LogP) is 4.81. The first kappa shape index (κ1) is 18.7. The van der Waals surface area contributed by atoms with E-state index in [2.05, 4.69) is 4.98 Å². The maximum Gasteiger partial charge on any atom is 0.406 e. The summed E-state index contributed by atoms with van der Waals surface area (Å²) in [7, 11) is 0. The smallest absolute Gasteiger partial charge is 0.334 e. The van der Waals surface area contributed by atoms with Crippen molar-refractivity contribution in [3.63, 3.8) is 0 Å². The standard InChI is InChI=1S/C17H21F3N2OS/c1-2-11-22(12-17(18,19)20)16(23)10-6-5-9-15-21-13-7-3-4-8-14(13)24-15/h3-4,7-8H,2,5-6,9-12H2,1H3. The van der Waals surface area contributed by atoms with Crippen LogP contribution in [0.25, 0.3) is 10.2 Å². The molecule has 0 bridgehead atoms. The topological polar surface area (TPSA) is 33.2 Å². The molecule has 1 amide bonds. The maximum atomic E-state index is 12.5. The predicted molar refractivity (Wildman–Crippen MR) is 90.1 cm³/mol. The number of hydrogen-bond acceptors (Lipinski definition) is 3. The fraction of sp³-hybridized carbons (Fsp3) is 0.529. The number of fused-ring (bicyclic) bond motifs is 1. The Balaban J connectivity index is 1.78. The first-order chi connectivity index (χ1) is 11.4. The molecular weight excluding hydrogens is 337 g/mol. The molecule has 0 atom stereocenters. The van der Waals surface area contributed by atoms with Crippen molar-refractivity contribution >= 4 is 27.5 Å². The van der Waals surface area contributed by atoms with Crippen LogP contribution in [0, 0.1) is 0 Å². The van der Waals surface area contributed by atoms with Gasteiger partial charge in [0.05, 0.1) is 15.2 Å². The molecule has 7 heteroatoms. The van der Waals surface area contributed by atoms with Crippen molar-refractivity contribution in [2.75, 3.05) is 13.1 Å². The van der Waals surface area contributed by atoms with Crippen molar-refractivity contribution in [1.82, 2.24) is 9.88 Å². The van der Waals surface area contributed by atoms with Gasteiger partial charge in [-0.15, -0.1) is 11.3 Å². The van der Waals surface area contributed by atoms with Crippen LogP contribution in [0.1, 0.15) is 37.6 Å². The third-order valence-corrected chi connectivity index (χ3v) is 4.68. The maximum absolute atomic E-state index is 12.5. The van der Waals surface area contributed by atoms with E-state index in [1.54, 1.807) is 18.3 Å². The van der Waals surface area contributed by atoms with Gasteiger partial charge in [-0.3, -0.25) is 4.79 Å². The average Bonchev–Trinajstić information content (AvgIpc) is 2.92. The normalized spacial score (nSPS) is 11.8. The highest BCUT2D eigenvalue weighted by molar-refractivity contribution is 7.18. The summed E-state index contributed by atoms with van der Waals surface area (Å²) in [4.78, 5) is 17.4. The van der Waals surface area contributed by atoms with Crippen LogP contribution in [0.4, 0.5) is 13.2 Å². The van der Waals surface area contributed by atoms with E-state index < -0.39 is 18.6 Å². The Bertz CT molecular complexity index is 636. The van der Waals surface area contributed by atoms with Crippen LogP contribution in [0.3, 0.4) is 0 Å². The number of carbonyl (C=O) groups excluding carboxylic acids is 1. The number of halogens is 3. The number of thiazole rings is 1. The molecule has 1 aromatic heterocycles. The molecule has 2 aromatic rings. The first-order valence-electron chi connectivity index (χ1n) is 8.08. The van der Waals surface area contributed by atoms with Crippen molar-refractivity contribution in [2.45, 2.75) is 45.2 Å². The summed E-state index contributed by atoms with van der Waals surface area (Å²) < 4.78 is 38.6. The number of para-hydroxylation sites is 1. The molecule has 0 spiro atoms. The number of unbranched alkanes of at least 4 members (excludes halogenated alkanes) is 1. The molecule has 0 fully saturated rings. The Morgan fingerprint density at radius 3 is 2.67 bits per heavy atom. The molecule has 2 rings (SSSR count). The van der Waals surface area contributed by atoms with E-state index in [-0.39, 0.29) is 13.0 Å². The van der Waals surface area contributed by atoms with Crippen LogP contribution in [-0.4, -0.2) is 35.1 Å². The number of carbonyl (C=O) groups is 1. The number of aromatic nitrogens is 1. The lowest BCUT2D eigenvalue weighted by atomic mass is 10.2. The van der Waals surface area contributed by atoms with Crippen molar-refractivity contribution in [2.24, 2.45) is 0 Å². The van der Waals surface area contributed by atoms with E-state index in [0.29, 0.717) is 12.8 Å². The van der Waals surface area contributed by atoms with Gasteiger partial charge in [-0.25, -0.2) is 4.98 Å². The zero-order chi connectivity index (χ0) is 17.6. The lowest BCUT2D eigenvalue weighted by Crippen LogP contribution is -2.39. The number of alkyl halides is 3. The Hall–Kier alpha value is -1.63. The lowest BCUT2D eigenvalue weighted by molar-refractivity contribution is -0.161. The Kier molecular flexibility index (Phi) is 6.60. The summed E-state index contributed by atoms with van der Waals surface area (Å²) in [5.41, 5.74) is 0.966. The molecule has 0 N–H and O–H groups in total. The van der Waals surface area contributed by atoms with E-state index in [9.17, 15) is 18.0 Å². The van der Waals surface area contributed by atoms with Gasteiger partial charge in [-0.05, 0) is 37.8 Å². The number of rotatable bonds is 8. The quantitative estimate of drug-likeness (QED) is 0.635. The molecule has 0 radical (unpaired) electrons. The minimum Gasteiger partial charge on any atom is -0.334 e. The largest absolute Gasteiger partial charge is 0.406 e. The van der Waals surface area contributed by atoms with Gasteiger partial charge in [-0.1, -0.05) is 19.1 Å². The van der Waals surface area contributed by atoms with E-state index in [4.69, 9.17) is 0 Å². The highest BCUT2D eigenvalue weighted by Gasteiger charge is 2.32. The van der Waals surface area contributed by atoms with Crippen molar-refractivity contribution in [3.8, 4) is 0 Å². The van der Waals surface area contributed by atoms with Gasteiger partial charge in [0.2, 0.25) is 5.91 Å². The second-order valence-corrected chi connectivity index (χ2v) is 6.83. The molecule has 3 nitrogen and oxygen atoms in total. The van der Waals surface area contributed by atoms with E-state index in [0.717, 1.165) is 33.0 Å². The molecule has 1 heterocycles. The lowest BCUT2D eigenvalue weighted by Gasteiger charge is -2.23. The fourth-order valence-electron chi connectivity index (χ4n) is 2.52. The molecule has 1 aromatic carbocycles. The second-order valence-electron chi connectivity index (χ2n) is 5.71. The fourth-order valence-corrected chi connectivity index (χ4v) is 3.52. The molecule has 132 valence electrons. The SMILES string of the molecule is CCCN(CC(F)(F)F)C(=O)CCCCc1nc2ccccc2s1. The summed E-state index contributed by atoms with van der Waals surface area (Å²) in [5, 5.41) is 1.00. The third-order valence-electron chi connectivity index (χ3n) is 3.59. The number of aryl methyl sites for hydroxylation is 1. The molecule has 0 saturated carbocycles. The van der Waals surface area contributed by atoms with Gasteiger partial charge in [0.1, 0.15) is 6.54 Å². The van der Waals surface area contributed by atoms with E-state index >= 15 is 0 Å². The van der Waals surface area contributed by atoms with Gasteiger partial charge in [-0.2, -0.15) is 13.2 Å². The van der Waals surface area contributed by atoms with Gasteiger partial charge >= 0.3 is 6.18 Å². The zero-order valence-corrected chi connectivity index (χ0v) is 14.4. The monoisotopic (exact) mass is 358 g/mol. The van der Waals surface area contributed by atoms with Crippen LogP contribution in [-0.2, 0) is 11.2 Å². The summed E-state index contributed by atoms with van der Waals surface area (Å²) in [6.45, 7) is 0.761. The van der Waals surface area contributed by atoms with Gasteiger partial charge in [0.15, 0.2) is 0 Å². The summed E-state index contributed by atoms with van der Waals surface area (Å²) in [5.74, 6) is -0.418. The van der Waals surface area contributed by atoms with Crippen molar-refractivity contribution in [3.05, 3.63) is 29.3 Å². The highest BCUT2D eigenvalue weighted by Crippen LogP contribution is 2.23. The van der Waals surface area contributed by atoms with Crippen molar-refractivity contribution in [1.29, 1.82) is 0 Å². The Morgan fingerprint density at radius 1 is 1.25 bits per heavy atom. The minimum atomic E-state index is -4.34. The first-order valence-corrected chi connectivity index (χ1v) is 8.89. The summed E-state index contributed by atoms with van der Waals surface area (Å²) in [6, 6.07) is 7.87. The zero-order valence-electron chi connectivity index (χ0n) is 13.6. The molecule has 24 heavy (non-hydrogen) atoms. The third kappa shape index (κ3) is 5.78. The van der Waals surface area contributed by atoms with Gasteiger partial charge < -0.3 is 4.90 Å². The second kappa shape index (κ2) is 8.46. The molecule has 0 aliphatic rings. The number of nitrogens with zero attached hydrogens (tertiary/aromatic N) is 2. The van der Waals surface area contributed by atoms with Crippen LogP contribution < -0.4 is 0 Å². The Morgan fingerprint density at radius 2 is 2.00 bits per heavy atom. The van der Waals surface area contributed by atoms with Gasteiger partial charge in [0, 0.05) is 13.0 Å². The molecule has 0 unspecified atom stereocenters. The van der Waals surface area contributed by atoms with E-state index in [1.807, 2.05) is 24.3 Å². The van der Waals surface area contributed by atoms with Crippen LogP contribution in [0.2, 0.25) is 0 Å². The molecular formula is C17H21F3N2OS. The summed E-state index contributed by atoms with van der Waals surface area (Å²) in [6.07, 6.45) is -1.59. The van der Waals surface area contributed by atoms with Crippen LogP contribution in [0.15, 0.2) is 24.3 Å². The Labute approximate surface area is 143 Å². The van der Waals surface area contributed by atoms with E-state index in [1.165, 1.54) is 0 Å². The molecule has 0 saturated heterocycles. The van der Waals surface area contributed by atoms with Gasteiger partial charge in [0.25, 0.3) is 0 Å². The number of benzene rings is 1. The molecule has 0 aliphatic heterocycles. The highest BCUT2D eigenvalue weighted by atomic mass is 32.1. The minimum absolute atomic E-state index is 0.149. The molecule has 0 aliphatic carbocycles. The van der Waals surface area contributed by atoms with Crippen LogP contribution >= 0.6 is 11.3 Å². The number of hydrogen-bond donors (Lipinski definition) is 0. The van der Waals surface area contributed by atoms with Crippen LogP contribution in [0.5, 0.6) is 0 Å². The van der Waals surface area contributed by atoms with Crippen molar-refractivity contribution < 1.29 is 18.0 Å². The summed E-state index contributed by atoms with van der Waals surface area (Å²) >= 11 is 1.62.